The van der Waals surface area contributed by atoms with E-state index in [1.54, 1.807) is 0 Å². The molecule has 0 fully saturated rings. The lowest BCUT2D eigenvalue weighted by molar-refractivity contribution is 0.632. The number of fused-ring (bicyclic) bond motifs is 5. The summed E-state index contributed by atoms with van der Waals surface area (Å²) < 4.78 is 2.39. The van der Waals surface area contributed by atoms with Crippen LogP contribution in [0.2, 0.25) is 0 Å². The minimum Gasteiger partial charge on any atom is -0.310 e. The highest BCUT2D eigenvalue weighted by molar-refractivity contribution is 6.10. The first-order chi connectivity index (χ1) is 17.1. The van der Waals surface area contributed by atoms with Crippen LogP contribution in [0.1, 0.15) is 25.0 Å². The fourth-order valence-corrected chi connectivity index (χ4v) is 5.90. The third kappa shape index (κ3) is 2.83. The minimum atomic E-state index is -0.0628. The topological polar surface area (TPSA) is 8.17 Å². The molecule has 1 aromatic heterocycles. The lowest BCUT2D eigenvalue weighted by Gasteiger charge is -2.42. The van der Waals surface area contributed by atoms with Crippen molar-refractivity contribution in [3.8, 4) is 5.69 Å². The van der Waals surface area contributed by atoms with Crippen LogP contribution in [0.15, 0.2) is 121 Å². The summed E-state index contributed by atoms with van der Waals surface area (Å²) in [5.74, 6) is 0. The maximum Gasteiger partial charge on any atom is 0.0561 e. The normalized spacial score (nSPS) is 14.2. The van der Waals surface area contributed by atoms with Gasteiger partial charge in [-0.2, -0.15) is 0 Å². The van der Waals surface area contributed by atoms with Gasteiger partial charge in [0, 0.05) is 27.6 Å². The Morgan fingerprint density at radius 3 is 1.77 bits per heavy atom. The Labute approximate surface area is 205 Å². The van der Waals surface area contributed by atoms with E-state index < -0.39 is 0 Å². The van der Waals surface area contributed by atoms with Crippen LogP contribution >= 0.6 is 0 Å². The van der Waals surface area contributed by atoms with Gasteiger partial charge in [0.1, 0.15) is 0 Å². The molecule has 1 aliphatic heterocycles. The molecule has 168 valence electrons. The van der Waals surface area contributed by atoms with Crippen molar-refractivity contribution < 1.29 is 0 Å². The number of anilines is 3. The largest absolute Gasteiger partial charge is 0.310 e. The van der Waals surface area contributed by atoms with Gasteiger partial charge in [-0.3, -0.25) is 0 Å². The van der Waals surface area contributed by atoms with E-state index >= 15 is 0 Å². The molecular weight excluding hydrogens is 424 g/mol. The first kappa shape index (κ1) is 20.1. The van der Waals surface area contributed by atoms with Crippen molar-refractivity contribution in [2.75, 3.05) is 4.90 Å². The summed E-state index contributed by atoms with van der Waals surface area (Å²) in [4.78, 5) is 2.43. The molecule has 0 saturated heterocycles. The van der Waals surface area contributed by atoms with Crippen LogP contribution in [-0.4, -0.2) is 4.57 Å². The molecule has 2 heteroatoms. The second-order valence-electron chi connectivity index (χ2n) is 9.88. The number of hydrogen-bond acceptors (Lipinski definition) is 1. The zero-order valence-electron chi connectivity index (χ0n) is 19.9. The summed E-state index contributed by atoms with van der Waals surface area (Å²) in [5.41, 5.74) is 9.93. The van der Waals surface area contributed by atoms with E-state index in [4.69, 9.17) is 0 Å². The zero-order valence-corrected chi connectivity index (χ0v) is 19.9. The van der Waals surface area contributed by atoms with Gasteiger partial charge in [0.2, 0.25) is 0 Å². The van der Waals surface area contributed by atoms with Gasteiger partial charge in [-0.25, -0.2) is 0 Å². The van der Waals surface area contributed by atoms with Crippen LogP contribution in [0.25, 0.3) is 27.5 Å². The van der Waals surface area contributed by atoms with Crippen LogP contribution in [0.5, 0.6) is 0 Å². The molecule has 0 atom stereocenters. The predicted octanol–water partition coefficient (Wildman–Crippen LogP) is 8.89. The monoisotopic (exact) mass is 450 g/mol. The third-order valence-corrected chi connectivity index (χ3v) is 7.57. The van der Waals surface area contributed by atoms with Crippen molar-refractivity contribution in [2.24, 2.45) is 0 Å². The fraction of sp³-hybridized carbons (Fsp3) is 0.0909. The van der Waals surface area contributed by atoms with Crippen LogP contribution in [0, 0.1) is 0 Å². The third-order valence-electron chi connectivity index (χ3n) is 7.57. The molecule has 35 heavy (non-hydrogen) atoms. The number of nitrogens with zero attached hydrogens (tertiary/aromatic N) is 2. The SMILES string of the molecule is CC1(C)c2ccccc2N(c2ccc3c4ccccc4n(-c4ccccc4)c3c2)c2ccccc21. The van der Waals surface area contributed by atoms with E-state index in [-0.39, 0.29) is 5.41 Å². The molecule has 0 unspecified atom stereocenters. The van der Waals surface area contributed by atoms with Crippen molar-refractivity contribution >= 4 is 38.9 Å². The molecule has 0 N–H and O–H groups in total. The summed E-state index contributed by atoms with van der Waals surface area (Å²) in [6.07, 6.45) is 0. The molecular formula is C33H26N2. The molecule has 0 radical (unpaired) electrons. The van der Waals surface area contributed by atoms with E-state index in [1.807, 2.05) is 0 Å². The Kier molecular flexibility index (Phi) is 4.22. The van der Waals surface area contributed by atoms with Gasteiger partial charge in [0.25, 0.3) is 0 Å². The fourth-order valence-electron chi connectivity index (χ4n) is 5.90. The molecule has 2 heterocycles. The van der Waals surface area contributed by atoms with E-state index in [0.29, 0.717) is 0 Å². The molecule has 7 rings (SSSR count). The number of para-hydroxylation sites is 4. The Morgan fingerprint density at radius 1 is 0.486 bits per heavy atom. The summed E-state index contributed by atoms with van der Waals surface area (Å²) in [6.45, 7) is 4.66. The quantitative estimate of drug-likeness (QED) is 0.256. The van der Waals surface area contributed by atoms with E-state index in [9.17, 15) is 0 Å². The molecule has 2 nitrogen and oxygen atoms in total. The summed E-state index contributed by atoms with van der Waals surface area (Å²) in [7, 11) is 0. The summed E-state index contributed by atoms with van der Waals surface area (Å²) in [5, 5.41) is 2.55. The highest BCUT2D eigenvalue weighted by Crippen LogP contribution is 2.52. The van der Waals surface area contributed by atoms with Gasteiger partial charge in [-0.15, -0.1) is 0 Å². The van der Waals surface area contributed by atoms with Crippen LogP contribution in [0.4, 0.5) is 17.1 Å². The van der Waals surface area contributed by atoms with Gasteiger partial charge in [0.05, 0.1) is 22.4 Å². The standard InChI is InChI=1S/C33H26N2/c1-33(2)27-15-7-10-18-30(27)35(31-19-11-8-16-28(31)33)24-20-21-26-25-14-6-9-17-29(25)34(32(26)22-24)23-12-4-3-5-13-23/h3-22H,1-2H3. The van der Waals surface area contributed by atoms with Crippen LogP contribution < -0.4 is 4.90 Å². The molecule has 6 aromatic rings. The van der Waals surface area contributed by atoms with Gasteiger partial charge < -0.3 is 9.47 Å². The molecule has 5 aromatic carbocycles. The maximum atomic E-state index is 2.43. The molecule has 0 saturated carbocycles. The number of hydrogen-bond donors (Lipinski definition) is 0. The average Bonchev–Trinajstić information content (AvgIpc) is 3.23. The Hall–Kier alpha value is -4.30. The van der Waals surface area contributed by atoms with Crippen molar-refractivity contribution in [2.45, 2.75) is 19.3 Å². The Bertz CT molecular complexity index is 1670. The number of rotatable bonds is 2. The van der Waals surface area contributed by atoms with E-state index in [0.717, 1.165) is 0 Å². The van der Waals surface area contributed by atoms with Crippen LogP contribution in [0.3, 0.4) is 0 Å². The molecule has 0 amide bonds. The average molecular weight is 451 g/mol. The van der Waals surface area contributed by atoms with Crippen molar-refractivity contribution in [1.29, 1.82) is 0 Å². The van der Waals surface area contributed by atoms with Gasteiger partial charge in [-0.05, 0) is 53.6 Å². The molecule has 1 aliphatic rings. The summed E-state index contributed by atoms with van der Waals surface area (Å²) in [6, 6.07) is 44.0. The van der Waals surface area contributed by atoms with Crippen molar-refractivity contribution in [3.05, 3.63) is 132 Å². The molecule has 0 aliphatic carbocycles. The zero-order chi connectivity index (χ0) is 23.6. The predicted molar refractivity (Wildman–Crippen MR) is 148 cm³/mol. The van der Waals surface area contributed by atoms with Gasteiger partial charge >= 0.3 is 0 Å². The second-order valence-corrected chi connectivity index (χ2v) is 9.88. The van der Waals surface area contributed by atoms with Crippen molar-refractivity contribution in [1.82, 2.24) is 4.57 Å². The summed E-state index contributed by atoms with van der Waals surface area (Å²) >= 11 is 0. The highest BCUT2D eigenvalue weighted by atomic mass is 15.2. The van der Waals surface area contributed by atoms with E-state index in [2.05, 4.69) is 145 Å². The first-order valence-corrected chi connectivity index (χ1v) is 12.2. The number of benzene rings is 5. The Morgan fingerprint density at radius 2 is 1.06 bits per heavy atom. The Balaban J connectivity index is 1.54. The van der Waals surface area contributed by atoms with E-state index in [1.165, 1.54) is 55.7 Å². The molecule has 0 bridgehead atoms. The van der Waals surface area contributed by atoms with Gasteiger partial charge in [-0.1, -0.05) is 92.7 Å². The smallest absolute Gasteiger partial charge is 0.0561 e. The molecule has 0 spiro atoms. The first-order valence-electron chi connectivity index (χ1n) is 12.2. The van der Waals surface area contributed by atoms with Crippen molar-refractivity contribution in [3.63, 3.8) is 0 Å². The maximum absolute atomic E-state index is 2.43. The lowest BCUT2D eigenvalue weighted by atomic mass is 9.73. The van der Waals surface area contributed by atoms with Gasteiger partial charge in [0.15, 0.2) is 0 Å². The lowest BCUT2D eigenvalue weighted by Crippen LogP contribution is -2.30. The van der Waals surface area contributed by atoms with Crippen LogP contribution in [-0.2, 0) is 5.41 Å². The minimum absolute atomic E-state index is 0.0628. The number of aromatic nitrogens is 1. The highest BCUT2D eigenvalue weighted by Gasteiger charge is 2.36. The second kappa shape index (κ2) is 7.35.